The van der Waals surface area contributed by atoms with Crippen LogP contribution in [0.25, 0.3) is 0 Å². The number of likely N-dealkylation sites (N-methyl/N-ethyl adjacent to an activating group) is 1. The van der Waals surface area contributed by atoms with Crippen molar-refractivity contribution in [1.82, 2.24) is 10.2 Å². The van der Waals surface area contributed by atoms with Crippen LogP contribution in [0.4, 0.5) is 0 Å². The molecule has 3 heteroatoms. The van der Waals surface area contributed by atoms with Crippen LogP contribution >= 0.6 is 0 Å². The summed E-state index contributed by atoms with van der Waals surface area (Å²) in [5.74, 6) is 1.05. The average Bonchev–Trinajstić information content (AvgIpc) is 2.76. The molecule has 0 aliphatic carbocycles. The van der Waals surface area contributed by atoms with Gasteiger partial charge in [-0.1, -0.05) is 0 Å². The standard InChI is InChI=1S/C11H18N2O/c1-13(8-10-4-2-6-12-10)9-11-5-3-7-14-11/h3,5,7,10,12H,2,4,6,8-9H2,1H3. The molecule has 0 bridgehead atoms. The van der Waals surface area contributed by atoms with Crippen molar-refractivity contribution >= 4 is 0 Å². The van der Waals surface area contributed by atoms with E-state index in [9.17, 15) is 0 Å². The lowest BCUT2D eigenvalue weighted by atomic mass is 10.2. The minimum atomic E-state index is 0.676. The summed E-state index contributed by atoms with van der Waals surface area (Å²) >= 11 is 0. The molecule has 0 radical (unpaired) electrons. The number of nitrogens with zero attached hydrogens (tertiary/aromatic N) is 1. The number of hydrogen-bond acceptors (Lipinski definition) is 3. The van der Waals surface area contributed by atoms with Crippen molar-refractivity contribution in [3.8, 4) is 0 Å². The van der Waals surface area contributed by atoms with Gasteiger partial charge in [0.25, 0.3) is 0 Å². The molecule has 1 fully saturated rings. The maximum absolute atomic E-state index is 5.31. The zero-order valence-electron chi connectivity index (χ0n) is 8.70. The maximum atomic E-state index is 5.31. The van der Waals surface area contributed by atoms with Gasteiger partial charge in [0.15, 0.2) is 0 Å². The molecule has 0 aromatic carbocycles. The molecular weight excluding hydrogens is 176 g/mol. The summed E-state index contributed by atoms with van der Waals surface area (Å²) in [6.45, 7) is 3.20. The monoisotopic (exact) mass is 194 g/mol. The molecular formula is C11H18N2O. The van der Waals surface area contributed by atoms with Crippen LogP contribution in [0, 0.1) is 0 Å². The molecule has 2 rings (SSSR count). The van der Waals surface area contributed by atoms with Crippen LogP contribution in [0.1, 0.15) is 18.6 Å². The van der Waals surface area contributed by atoms with Crippen LogP contribution in [-0.2, 0) is 6.54 Å². The van der Waals surface area contributed by atoms with E-state index in [0.717, 1.165) is 18.8 Å². The van der Waals surface area contributed by atoms with Crippen molar-refractivity contribution in [3.63, 3.8) is 0 Å². The minimum absolute atomic E-state index is 0.676. The Morgan fingerprint density at radius 1 is 1.64 bits per heavy atom. The smallest absolute Gasteiger partial charge is 0.117 e. The first kappa shape index (κ1) is 9.74. The second-order valence-electron chi connectivity index (χ2n) is 4.07. The fraction of sp³-hybridized carbons (Fsp3) is 0.636. The van der Waals surface area contributed by atoms with Gasteiger partial charge in [0.1, 0.15) is 5.76 Å². The molecule has 2 heterocycles. The van der Waals surface area contributed by atoms with Crippen molar-refractivity contribution in [2.24, 2.45) is 0 Å². The lowest BCUT2D eigenvalue weighted by Gasteiger charge is -2.19. The number of rotatable bonds is 4. The number of hydrogen-bond donors (Lipinski definition) is 1. The Morgan fingerprint density at radius 2 is 2.57 bits per heavy atom. The maximum Gasteiger partial charge on any atom is 0.117 e. The quantitative estimate of drug-likeness (QED) is 0.786. The molecule has 0 spiro atoms. The molecule has 1 saturated heterocycles. The van der Waals surface area contributed by atoms with Crippen LogP contribution in [0.5, 0.6) is 0 Å². The van der Waals surface area contributed by atoms with Crippen molar-refractivity contribution in [2.75, 3.05) is 20.1 Å². The molecule has 1 aliphatic rings. The van der Waals surface area contributed by atoms with E-state index in [1.54, 1.807) is 6.26 Å². The van der Waals surface area contributed by atoms with Gasteiger partial charge in [-0.3, -0.25) is 4.90 Å². The topological polar surface area (TPSA) is 28.4 Å². The average molecular weight is 194 g/mol. The van der Waals surface area contributed by atoms with Gasteiger partial charge in [-0.25, -0.2) is 0 Å². The summed E-state index contributed by atoms with van der Waals surface area (Å²) < 4.78 is 5.31. The fourth-order valence-corrected chi connectivity index (χ4v) is 2.02. The highest BCUT2D eigenvalue weighted by molar-refractivity contribution is 4.97. The van der Waals surface area contributed by atoms with E-state index in [1.807, 2.05) is 12.1 Å². The van der Waals surface area contributed by atoms with Crippen LogP contribution in [0.15, 0.2) is 22.8 Å². The Balaban J connectivity index is 1.75. The van der Waals surface area contributed by atoms with E-state index in [2.05, 4.69) is 17.3 Å². The molecule has 78 valence electrons. The second kappa shape index (κ2) is 4.62. The SMILES string of the molecule is CN(Cc1ccco1)CC1CCCN1. The Labute approximate surface area is 85.1 Å². The zero-order chi connectivity index (χ0) is 9.80. The van der Waals surface area contributed by atoms with E-state index in [0.29, 0.717) is 6.04 Å². The predicted molar refractivity (Wildman–Crippen MR) is 56.1 cm³/mol. The number of furan rings is 1. The Hall–Kier alpha value is -0.800. The summed E-state index contributed by atoms with van der Waals surface area (Å²) in [5.41, 5.74) is 0. The zero-order valence-corrected chi connectivity index (χ0v) is 8.70. The minimum Gasteiger partial charge on any atom is -0.468 e. The molecule has 1 N–H and O–H groups in total. The highest BCUT2D eigenvalue weighted by Crippen LogP contribution is 2.09. The lowest BCUT2D eigenvalue weighted by Crippen LogP contribution is -2.34. The predicted octanol–water partition coefficient (Wildman–Crippen LogP) is 1.46. The summed E-state index contributed by atoms with van der Waals surface area (Å²) in [4.78, 5) is 2.31. The summed E-state index contributed by atoms with van der Waals surface area (Å²) in [6, 6.07) is 4.64. The van der Waals surface area contributed by atoms with Gasteiger partial charge >= 0.3 is 0 Å². The first-order chi connectivity index (χ1) is 6.84. The van der Waals surface area contributed by atoms with Crippen LogP contribution in [0.2, 0.25) is 0 Å². The molecule has 1 aliphatic heterocycles. The van der Waals surface area contributed by atoms with E-state index in [1.165, 1.54) is 19.4 Å². The van der Waals surface area contributed by atoms with Gasteiger partial charge in [-0.2, -0.15) is 0 Å². The van der Waals surface area contributed by atoms with E-state index >= 15 is 0 Å². The van der Waals surface area contributed by atoms with Gasteiger partial charge in [0, 0.05) is 12.6 Å². The van der Waals surface area contributed by atoms with Gasteiger partial charge in [-0.05, 0) is 38.6 Å². The van der Waals surface area contributed by atoms with Crippen molar-refractivity contribution < 1.29 is 4.42 Å². The third kappa shape index (κ3) is 2.59. The molecule has 3 nitrogen and oxygen atoms in total. The summed E-state index contributed by atoms with van der Waals surface area (Å²) in [6.07, 6.45) is 4.36. The lowest BCUT2D eigenvalue weighted by molar-refractivity contribution is 0.269. The molecule has 1 atom stereocenters. The van der Waals surface area contributed by atoms with Crippen LogP contribution < -0.4 is 5.32 Å². The van der Waals surface area contributed by atoms with Crippen molar-refractivity contribution in [1.29, 1.82) is 0 Å². The summed E-state index contributed by atoms with van der Waals surface area (Å²) in [7, 11) is 2.14. The van der Waals surface area contributed by atoms with E-state index in [4.69, 9.17) is 4.42 Å². The normalized spacial score (nSPS) is 22.0. The summed E-state index contributed by atoms with van der Waals surface area (Å²) in [5, 5.41) is 3.49. The number of nitrogens with one attached hydrogen (secondary N) is 1. The van der Waals surface area contributed by atoms with Crippen molar-refractivity contribution in [2.45, 2.75) is 25.4 Å². The fourth-order valence-electron chi connectivity index (χ4n) is 2.02. The van der Waals surface area contributed by atoms with Gasteiger partial charge < -0.3 is 9.73 Å². The second-order valence-corrected chi connectivity index (χ2v) is 4.07. The molecule has 1 unspecified atom stereocenters. The van der Waals surface area contributed by atoms with Gasteiger partial charge in [0.05, 0.1) is 12.8 Å². The van der Waals surface area contributed by atoms with Crippen LogP contribution in [-0.4, -0.2) is 31.1 Å². The van der Waals surface area contributed by atoms with E-state index in [-0.39, 0.29) is 0 Å². The highest BCUT2D eigenvalue weighted by atomic mass is 16.3. The molecule has 0 saturated carbocycles. The Morgan fingerprint density at radius 3 is 3.21 bits per heavy atom. The molecule has 14 heavy (non-hydrogen) atoms. The Kier molecular flexibility index (Phi) is 3.22. The third-order valence-electron chi connectivity index (χ3n) is 2.70. The van der Waals surface area contributed by atoms with Crippen molar-refractivity contribution in [3.05, 3.63) is 24.2 Å². The molecule has 1 aromatic rings. The highest BCUT2D eigenvalue weighted by Gasteiger charge is 2.16. The third-order valence-corrected chi connectivity index (χ3v) is 2.70. The van der Waals surface area contributed by atoms with Gasteiger partial charge in [-0.15, -0.1) is 0 Å². The van der Waals surface area contributed by atoms with Crippen LogP contribution in [0.3, 0.4) is 0 Å². The molecule has 1 aromatic heterocycles. The van der Waals surface area contributed by atoms with Gasteiger partial charge in [0.2, 0.25) is 0 Å². The first-order valence-electron chi connectivity index (χ1n) is 5.29. The molecule has 0 amide bonds. The first-order valence-corrected chi connectivity index (χ1v) is 5.29. The largest absolute Gasteiger partial charge is 0.468 e. The van der Waals surface area contributed by atoms with E-state index < -0.39 is 0 Å². The Bertz CT molecular complexity index is 252.